The smallest absolute Gasteiger partial charge is 0.258 e. The zero-order valence-corrected chi connectivity index (χ0v) is 18.9. The number of rotatable bonds is 5. The minimum Gasteiger partial charge on any atom is -0.493 e. The summed E-state index contributed by atoms with van der Waals surface area (Å²) >= 11 is 0. The largest absolute Gasteiger partial charge is 0.493 e. The van der Waals surface area contributed by atoms with Gasteiger partial charge in [-0.05, 0) is 62.6 Å². The van der Waals surface area contributed by atoms with Gasteiger partial charge < -0.3 is 19.4 Å². The number of benzene rings is 1. The molecule has 0 saturated carbocycles. The monoisotopic (exact) mass is 427 g/mol. The average molecular weight is 428 g/mol. The third-order valence-electron chi connectivity index (χ3n) is 5.98. The molecule has 9 nitrogen and oxygen atoms in total. The number of hydrogen-bond donors (Lipinski definition) is 2. The number of aromatic amines is 1. The van der Waals surface area contributed by atoms with Crippen LogP contribution in [0.15, 0.2) is 23.0 Å². The van der Waals surface area contributed by atoms with Crippen molar-refractivity contribution in [3.05, 3.63) is 39.9 Å². The van der Waals surface area contributed by atoms with Crippen LogP contribution in [0, 0.1) is 0 Å². The molecule has 1 aliphatic rings. The van der Waals surface area contributed by atoms with Gasteiger partial charge in [0.25, 0.3) is 5.56 Å². The van der Waals surface area contributed by atoms with Crippen LogP contribution in [0.2, 0.25) is 0 Å². The summed E-state index contributed by atoms with van der Waals surface area (Å²) < 4.78 is 12.7. The van der Waals surface area contributed by atoms with Gasteiger partial charge >= 0.3 is 0 Å². The minimum absolute atomic E-state index is 0.133. The molecule has 1 saturated heterocycles. The molecule has 2 N–H and O–H groups in total. The molecule has 1 aliphatic heterocycles. The Morgan fingerprint density at radius 3 is 2.39 bits per heavy atom. The number of likely N-dealkylation sites (tertiary alicyclic amines) is 1. The number of tetrazole rings is 1. The lowest BCUT2D eigenvalue weighted by Crippen LogP contribution is -3.13. The number of aromatic nitrogens is 5. The van der Waals surface area contributed by atoms with Gasteiger partial charge in [0.05, 0.1) is 43.9 Å². The van der Waals surface area contributed by atoms with Gasteiger partial charge in [0.15, 0.2) is 17.5 Å². The number of H-pyrrole nitrogens is 1. The molecule has 2 aromatic heterocycles. The molecule has 0 aliphatic carbocycles. The number of piperidine rings is 1. The van der Waals surface area contributed by atoms with E-state index in [9.17, 15) is 4.79 Å². The lowest BCUT2D eigenvalue weighted by molar-refractivity contribution is -0.931. The van der Waals surface area contributed by atoms with Gasteiger partial charge in [-0.3, -0.25) is 4.79 Å². The van der Waals surface area contributed by atoms with Crippen LogP contribution in [-0.2, 0) is 5.54 Å². The highest BCUT2D eigenvalue weighted by Crippen LogP contribution is 2.32. The van der Waals surface area contributed by atoms with E-state index in [0.717, 1.165) is 37.1 Å². The molecule has 4 rings (SSSR count). The summed E-state index contributed by atoms with van der Waals surface area (Å²) in [6.45, 7) is 8.15. The Morgan fingerprint density at radius 2 is 1.74 bits per heavy atom. The maximum Gasteiger partial charge on any atom is 0.258 e. The fourth-order valence-electron chi connectivity index (χ4n) is 4.45. The molecular weight excluding hydrogens is 396 g/mol. The Labute approximate surface area is 181 Å². The normalized spacial score (nSPS) is 16.4. The molecule has 3 aromatic rings. The van der Waals surface area contributed by atoms with Crippen molar-refractivity contribution < 1.29 is 14.4 Å². The molecule has 1 aromatic carbocycles. The molecule has 1 atom stereocenters. The second-order valence-corrected chi connectivity index (χ2v) is 9.12. The van der Waals surface area contributed by atoms with Crippen LogP contribution < -0.4 is 19.9 Å². The molecule has 0 spiro atoms. The third-order valence-corrected chi connectivity index (χ3v) is 5.98. The highest BCUT2D eigenvalue weighted by atomic mass is 16.5. The van der Waals surface area contributed by atoms with Crippen molar-refractivity contribution in [2.75, 3.05) is 27.3 Å². The zero-order valence-electron chi connectivity index (χ0n) is 18.9. The van der Waals surface area contributed by atoms with Gasteiger partial charge in [-0.25, -0.2) is 4.68 Å². The van der Waals surface area contributed by atoms with E-state index in [0.29, 0.717) is 22.6 Å². The van der Waals surface area contributed by atoms with E-state index in [2.05, 4.69) is 41.3 Å². The molecule has 9 heteroatoms. The summed E-state index contributed by atoms with van der Waals surface area (Å²) in [7, 11) is 3.19. The fraction of sp³-hybridized carbons (Fsp3) is 0.545. The van der Waals surface area contributed by atoms with E-state index in [1.807, 2.05) is 16.8 Å². The molecule has 0 bridgehead atoms. The maximum atomic E-state index is 13.3. The Hall–Kier alpha value is -2.94. The molecule has 0 unspecified atom stereocenters. The van der Waals surface area contributed by atoms with Crippen LogP contribution in [0.1, 0.15) is 57.5 Å². The van der Waals surface area contributed by atoms with Crippen LogP contribution in [-0.4, -0.2) is 52.5 Å². The van der Waals surface area contributed by atoms with Gasteiger partial charge in [0, 0.05) is 11.5 Å². The third kappa shape index (κ3) is 4.01. The summed E-state index contributed by atoms with van der Waals surface area (Å²) in [4.78, 5) is 17.7. The molecule has 1 fully saturated rings. The minimum atomic E-state index is -0.299. The SMILES string of the molecule is COc1cc2cc([C@@H](c3nnnn3C(C)(C)C)[NH+]3CCCCC3)c(=O)[nH]c2cc1OC. The first-order valence-corrected chi connectivity index (χ1v) is 10.8. The quantitative estimate of drug-likeness (QED) is 0.639. The van der Waals surface area contributed by atoms with E-state index in [1.165, 1.54) is 11.3 Å². The lowest BCUT2D eigenvalue weighted by atomic mass is 9.99. The second kappa shape index (κ2) is 8.30. The van der Waals surface area contributed by atoms with Crippen LogP contribution >= 0.6 is 0 Å². The second-order valence-electron chi connectivity index (χ2n) is 9.12. The summed E-state index contributed by atoms with van der Waals surface area (Å²) in [5, 5.41) is 13.5. The molecule has 166 valence electrons. The van der Waals surface area contributed by atoms with Crippen molar-refractivity contribution in [1.82, 2.24) is 25.2 Å². The molecule has 0 radical (unpaired) electrons. The standard InChI is InChI=1S/C22H30N6O3/c1-22(2,3)28-20(24-25-26-28)19(27-9-7-6-8-10-27)15-11-14-12-17(30-4)18(31-5)13-16(14)23-21(15)29/h11-13,19H,6-10H2,1-5H3,(H,23,29)/p+1/t19-/m0/s1. The molecule has 3 heterocycles. The van der Waals surface area contributed by atoms with Gasteiger partial charge in [-0.15, -0.1) is 5.10 Å². The highest BCUT2D eigenvalue weighted by Gasteiger charge is 2.37. The van der Waals surface area contributed by atoms with Gasteiger partial charge in [0.1, 0.15) is 0 Å². The first-order valence-electron chi connectivity index (χ1n) is 10.8. The topological polar surface area (TPSA) is 99.4 Å². The van der Waals surface area contributed by atoms with Gasteiger partial charge in [-0.2, -0.15) is 0 Å². The summed E-state index contributed by atoms with van der Waals surface area (Å²) in [6, 6.07) is 5.38. The number of hydrogen-bond acceptors (Lipinski definition) is 6. The van der Waals surface area contributed by atoms with Crippen molar-refractivity contribution in [1.29, 1.82) is 0 Å². The van der Waals surface area contributed by atoms with E-state index in [1.54, 1.807) is 20.3 Å². The Kier molecular flexibility index (Phi) is 5.70. The Balaban J connectivity index is 1.92. The number of quaternary nitrogens is 1. The van der Waals surface area contributed by atoms with Crippen LogP contribution in [0.3, 0.4) is 0 Å². The van der Waals surface area contributed by atoms with Crippen molar-refractivity contribution in [3.8, 4) is 11.5 Å². The number of pyridine rings is 1. The van der Waals surface area contributed by atoms with Crippen LogP contribution in [0.4, 0.5) is 0 Å². The van der Waals surface area contributed by atoms with Crippen LogP contribution in [0.25, 0.3) is 10.9 Å². The zero-order chi connectivity index (χ0) is 22.2. The first-order chi connectivity index (χ1) is 14.8. The van der Waals surface area contributed by atoms with Crippen molar-refractivity contribution in [2.24, 2.45) is 0 Å². The maximum absolute atomic E-state index is 13.3. The van der Waals surface area contributed by atoms with Crippen molar-refractivity contribution in [2.45, 2.75) is 51.6 Å². The number of ether oxygens (including phenoxy) is 2. The molecule has 31 heavy (non-hydrogen) atoms. The summed E-state index contributed by atoms with van der Waals surface area (Å²) in [5.74, 6) is 1.91. The first kappa shape index (κ1) is 21.3. The van der Waals surface area contributed by atoms with E-state index in [4.69, 9.17) is 9.47 Å². The number of methoxy groups -OCH3 is 2. The fourth-order valence-corrected chi connectivity index (χ4v) is 4.45. The Bertz CT molecular complexity index is 1120. The van der Waals surface area contributed by atoms with E-state index in [-0.39, 0.29) is 17.1 Å². The Morgan fingerprint density at radius 1 is 1.06 bits per heavy atom. The predicted octanol–water partition coefficient (Wildman–Crippen LogP) is 1.45. The molecule has 0 amide bonds. The van der Waals surface area contributed by atoms with Gasteiger partial charge in [0.2, 0.25) is 5.82 Å². The van der Waals surface area contributed by atoms with E-state index >= 15 is 0 Å². The summed E-state index contributed by atoms with van der Waals surface area (Å²) in [5.41, 5.74) is 0.935. The lowest BCUT2D eigenvalue weighted by Gasteiger charge is -2.32. The highest BCUT2D eigenvalue weighted by molar-refractivity contribution is 5.83. The van der Waals surface area contributed by atoms with Crippen molar-refractivity contribution in [3.63, 3.8) is 0 Å². The number of nitrogens with one attached hydrogen (secondary N) is 2. The number of nitrogens with zero attached hydrogens (tertiary/aromatic N) is 4. The van der Waals surface area contributed by atoms with Crippen molar-refractivity contribution >= 4 is 10.9 Å². The predicted molar refractivity (Wildman–Crippen MR) is 117 cm³/mol. The van der Waals surface area contributed by atoms with E-state index < -0.39 is 0 Å². The van der Waals surface area contributed by atoms with Gasteiger partial charge in [-0.1, -0.05) is 0 Å². The summed E-state index contributed by atoms with van der Waals surface area (Å²) in [6.07, 6.45) is 3.46. The average Bonchev–Trinajstić information content (AvgIpc) is 3.24. The molecular formula is C22H31N6O3+. The van der Waals surface area contributed by atoms with Crippen LogP contribution in [0.5, 0.6) is 11.5 Å². The number of fused-ring (bicyclic) bond motifs is 1.